The van der Waals surface area contributed by atoms with Crippen molar-refractivity contribution in [3.63, 3.8) is 0 Å². The topological polar surface area (TPSA) is 101 Å². The van der Waals surface area contributed by atoms with Crippen molar-refractivity contribution < 1.29 is 0 Å². The third-order valence-electron chi connectivity index (χ3n) is 5.15. The van der Waals surface area contributed by atoms with Crippen LogP contribution in [-0.2, 0) is 0 Å². The summed E-state index contributed by atoms with van der Waals surface area (Å²) in [6, 6.07) is 11.4. The first-order valence-corrected chi connectivity index (χ1v) is 8.72. The van der Waals surface area contributed by atoms with Crippen LogP contribution in [0.25, 0.3) is 0 Å². The lowest BCUT2D eigenvalue weighted by molar-refractivity contribution is 0.237. The van der Waals surface area contributed by atoms with E-state index < -0.39 is 11.3 Å². The highest BCUT2D eigenvalue weighted by molar-refractivity contribution is 6.42. The van der Waals surface area contributed by atoms with E-state index in [-0.39, 0.29) is 17.2 Å². The Morgan fingerprint density at radius 3 is 2.46 bits per heavy atom. The monoisotopic (exact) mass is 383 g/mol. The molecule has 130 valence electrons. The summed E-state index contributed by atoms with van der Waals surface area (Å²) in [4.78, 5) is 2.08. The molecule has 7 heteroatoms. The number of hydrogen-bond acceptors (Lipinski definition) is 5. The van der Waals surface area contributed by atoms with E-state index in [2.05, 4.69) is 23.1 Å². The van der Waals surface area contributed by atoms with Crippen LogP contribution < -0.4 is 5.73 Å². The van der Waals surface area contributed by atoms with Crippen LogP contribution in [0, 0.1) is 45.3 Å². The molecule has 3 rings (SSSR count). The van der Waals surface area contributed by atoms with E-state index in [4.69, 9.17) is 28.9 Å². The highest BCUT2D eigenvalue weighted by atomic mass is 35.5. The average Bonchev–Trinajstić information content (AvgIpc) is 2.63. The SMILES string of the molecule is CN1CC=C2C(C#N)=C(N)C(C#N)(C#N)[C@@H](c3ccc(Cl)c(Cl)c3)[C@@H]2C1. The summed E-state index contributed by atoms with van der Waals surface area (Å²) in [5.74, 6) is -0.786. The van der Waals surface area contributed by atoms with E-state index >= 15 is 0 Å². The van der Waals surface area contributed by atoms with Gasteiger partial charge in [-0.25, -0.2) is 0 Å². The van der Waals surface area contributed by atoms with Crippen molar-refractivity contribution in [1.29, 1.82) is 15.8 Å². The average molecular weight is 384 g/mol. The summed E-state index contributed by atoms with van der Waals surface area (Å²) < 4.78 is 0. The zero-order valence-electron chi connectivity index (χ0n) is 14.0. The lowest BCUT2D eigenvalue weighted by Crippen LogP contribution is -2.47. The van der Waals surface area contributed by atoms with Gasteiger partial charge >= 0.3 is 0 Å². The van der Waals surface area contributed by atoms with Crippen molar-refractivity contribution in [3.8, 4) is 18.2 Å². The highest BCUT2D eigenvalue weighted by Gasteiger charge is 2.54. The normalized spacial score (nSPS) is 24.7. The minimum Gasteiger partial charge on any atom is -0.399 e. The number of rotatable bonds is 1. The Hall–Kier alpha value is -2.49. The molecule has 1 aliphatic carbocycles. The molecule has 2 aliphatic rings. The van der Waals surface area contributed by atoms with Crippen LogP contribution in [0.5, 0.6) is 0 Å². The summed E-state index contributed by atoms with van der Waals surface area (Å²) >= 11 is 12.2. The summed E-state index contributed by atoms with van der Waals surface area (Å²) in [6.45, 7) is 1.27. The quantitative estimate of drug-likeness (QED) is 0.800. The largest absolute Gasteiger partial charge is 0.399 e. The molecule has 26 heavy (non-hydrogen) atoms. The molecule has 1 heterocycles. The molecular weight excluding hydrogens is 369 g/mol. The first-order valence-electron chi connectivity index (χ1n) is 7.96. The van der Waals surface area contributed by atoms with Gasteiger partial charge in [0, 0.05) is 24.9 Å². The van der Waals surface area contributed by atoms with Crippen molar-refractivity contribution in [3.05, 3.63) is 56.7 Å². The second-order valence-corrected chi connectivity index (χ2v) is 7.38. The Bertz CT molecular complexity index is 944. The number of benzene rings is 1. The predicted molar refractivity (Wildman–Crippen MR) is 98.8 cm³/mol. The molecule has 1 aromatic rings. The van der Waals surface area contributed by atoms with E-state index in [0.717, 1.165) is 5.57 Å². The zero-order chi connectivity index (χ0) is 19.1. The Balaban J connectivity index is 2.34. The molecule has 2 N–H and O–H groups in total. The van der Waals surface area contributed by atoms with Gasteiger partial charge in [0.1, 0.15) is 6.07 Å². The molecule has 0 spiro atoms. The predicted octanol–water partition coefficient (Wildman–Crippen LogP) is 3.35. The van der Waals surface area contributed by atoms with E-state index in [0.29, 0.717) is 28.7 Å². The fraction of sp³-hybridized carbons (Fsp3) is 0.316. The summed E-state index contributed by atoms with van der Waals surface area (Å²) in [5, 5.41) is 30.3. The van der Waals surface area contributed by atoms with Gasteiger partial charge in [0.05, 0.1) is 33.5 Å². The van der Waals surface area contributed by atoms with Gasteiger partial charge in [0.25, 0.3) is 0 Å². The molecular formula is C19H15Cl2N5. The summed E-state index contributed by atoms with van der Waals surface area (Å²) in [7, 11) is 1.95. The van der Waals surface area contributed by atoms with Crippen molar-refractivity contribution >= 4 is 23.2 Å². The van der Waals surface area contributed by atoms with Crippen molar-refractivity contribution in [1.82, 2.24) is 4.90 Å². The van der Waals surface area contributed by atoms with Gasteiger partial charge in [-0.1, -0.05) is 35.3 Å². The fourth-order valence-electron chi connectivity index (χ4n) is 3.91. The molecule has 0 saturated carbocycles. The zero-order valence-corrected chi connectivity index (χ0v) is 15.5. The van der Waals surface area contributed by atoms with Gasteiger partial charge in [-0.3, -0.25) is 0 Å². The molecule has 1 aromatic carbocycles. The van der Waals surface area contributed by atoms with Gasteiger partial charge in [-0.2, -0.15) is 15.8 Å². The maximum Gasteiger partial charge on any atom is 0.191 e. The smallest absolute Gasteiger partial charge is 0.191 e. The van der Waals surface area contributed by atoms with E-state index in [1.165, 1.54) is 0 Å². The van der Waals surface area contributed by atoms with Crippen molar-refractivity contribution in [2.45, 2.75) is 5.92 Å². The molecule has 0 radical (unpaired) electrons. The number of likely N-dealkylation sites (N-methyl/N-ethyl adjacent to an activating group) is 1. The Morgan fingerprint density at radius 2 is 1.88 bits per heavy atom. The number of fused-ring (bicyclic) bond motifs is 1. The minimum absolute atomic E-state index is 0.00752. The Morgan fingerprint density at radius 1 is 1.19 bits per heavy atom. The first kappa shape index (κ1) is 18.3. The lowest BCUT2D eigenvalue weighted by Gasteiger charge is -2.45. The molecule has 1 aliphatic heterocycles. The summed E-state index contributed by atoms with van der Waals surface area (Å²) in [5.41, 5.74) is 6.32. The second kappa shape index (κ2) is 6.67. The number of halogens is 2. The molecule has 5 nitrogen and oxygen atoms in total. The van der Waals surface area contributed by atoms with E-state index in [1.54, 1.807) is 18.2 Å². The summed E-state index contributed by atoms with van der Waals surface area (Å²) in [6.07, 6.45) is 1.95. The second-order valence-electron chi connectivity index (χ2n) is 6.57. The van der Waals surface area contributed by atoms with Gasteiger partial charge in [-0.15, -0.1) is 0 Å². The number of nitrogens with zero attached hydrogens (tertiary/aromatic N) is 4. The van der Waals surface area contributed by atoms with Gasteiger partial charge < -0.3 is 10.6 Å². The van der Waals surface area contributed by atoms with Crippen molar-refractivity contribution in [2.24, 2.45) is 17.1 Å². The first-order chi connectivity index (χ1) is 12.4. The van der Waals surface area contributed by atoms with Crippen LogP contribution in [0.2, 0.25) is 10.0 Å². The lowest BCUT2D eigenvalue weighted by atomic mass is 9.58. The number of nitrogens with two attached hydrogens (primary N) is 1. The van der Waals surface area contributed by atoms with E-state index in [1.807, 2.05) is 13.1 Å². The van der Waals surface area contributed by atoms with Gasteiger partial charge in [-0.05, 0) is 30.3 Å². The molecule has 0 fully saturated rings. The fourth-order valence-corrected chi connectivity index (χ4v) is 4.21. The standard InChI is InChI=1S/C19H15Cl2N5/c1-26-5-4-12-13(7-22)18(25)19(9-23,10-24)17(14(12)8-26)11-2-3-15(20)16(21)6-11/h2-4,6,14,17H,5,8,25H2,1H3/t14-,17+/m1/s1. The third kappa shape index (κ3) is 2.56. The van der Waals surface area contributed by atoms with Crippen LogP contribution >= 0.6 is 23.2 Å². The Kier molecular flexibility index (Phi) is 4.70. The van der Waals surface area contributed by atoms with Crippen LogP contribution in [0.3, 0.4) is 0 Å². The highest BCUT2D eigenvalue weighted by Crippen LogP contribution is 2.54. The van der Waals surface area contributed by atoms with Crippen LogP contribution in [0.15, 0.2) is 41.1 Å². The molecule has 0 amide bonds. The number of nitriles is 3. The maximum atomic E-state index is 9.95. The van der Waals surface area contributed by atoms with Crippen molar-refractivity contribution in [2.75, 3.05) is 20.1 Å². The number of allylic oxidation sites excluding steroid dienone is 2. The van der Waals surface area contributed by atoms with Gasteiger partial charge in [0.15, 0.2) is 5.41 Å². The molecule has 0 saturated heterocycles. The van der Waals surface area contributed by atoms with Crippen LogP contribution in [0.1, 0.15) is 11.5 Å². The minimum atomic E-state index is -1.65. The molecule has 0 unspecified atom stereocenters. The van der Waals surface area contributed by atoms with Gasteiger partial charge in [0.2, 0.25) is 0 Å². The Labute approximate surface area is 162 Å². The van der Waals surface area contributed by atoms with E-state index in [9.17, 15) is 15.8 Å². The maximum absolute atomic E-state index is 9.95. The van der Waals surface area contributed by atoms with Crippen LogP contribution in [0.4, 0.5) is 0 Å². The molecule has 0 aromatic heterocycles. The van der Waals surface area contributed by atoms with Crippen LogP contribution in [-0.4, -0.2) is 25.0 Å². The number of hydrogen-bond donors (Lipinski definition) is 1. The third-order valence-corrected chi connectivity index (χ3v) is 5.89. The molecule has 0 bridgehead atoms. The molecule has 2 atom stereocenters.